The van der Waals surface area contributed by atoms with Gasteiger partial charge in [-0.1, -0.05) is 18.2 Å². The van der Waals surface area contributed by atoms with Crippen LogP contribution in [0.15, 0.2) is 67.0 Å². The van der Waals surface area contributed by atoms with Crippen molar-refractivity contribution in [2.75, 3.05) is 10.6 Å². The summed E-state index contributed by atoms with van der Waals surface area (Å²) in [7, 11) is 0. The maximum absolute atomic E-state index is 12.6. The number of pyridine rings is 1. The summed E-state index contributed by atoms with van der Waals surface area (Å²) in [5.74, 6) is -2.78. The van der Waals surface area contributed by atoms with Gasteiger partial charge in [0.2, 0.25) is 5.91 Å². The van der Waals surface area contributed by atoms with Crippen LogP contribution in [0.25, 0.3) is 10.9 Å². The van der Waals surface area contributed by atoms with Crippen molar-refractivity contribution in [3.8, 4) is 0 Å². The number of hydrogen-bond acceptors (Lipinski definition) is 4. The molecule has 0 radical (unpaired) electrons. The van der Waals surface area contributed by atoms with Crippen molar-refractivity contribution in [2.45, 2.75) is 26.4 Å². The molecule has 0 saturated heterocycles. The molecule has 1 amide bonds. The normalized spacial score (nSPS) is 10.9. The molecule has 10 heteroatoms. The Morgan fingerprint density at radius 1 is 1.03 bits per heavy atom. The van der Waals surface area contributed by atoms with Gasteiger partial charge in [-0.05, 0) is 61.4 Å². The number of fused-ring (bicyclic) bond motifs is 1. The molecular formula is C25H23F3N4O3. The van der Waals surface area contributed by atoms with E-state index < -0.39 is 12.1 Å². The van der Waals surface area contributed by atoms with Crippen LogP contribution in [0.2, 0.25) is 0 Å². The van der Waals surface area contributed by atoms with Gasteiger partial charge in [-0.25, -0.2) is 4.79 Å². The molecular weight excluding hydrogens is 461 g/mol. The van der Waals surface area contributed by atoms with Gasteiger partial charge in [0, 0.05) is 34.2 Å². The van der Waals surface area contributed by atoms with Gasteiger partial charge in [-0.15, -0.1) is 0 Å². The number of carboxylic acid groups (broad SMARTS) is 1. The summed E-state index contributed by atoms with van der Waals surface area (Å²) >= 11 is 0. The van der Waals surface area contributed by atoms with Crippen LogP contribution in [0.3, 0.4) is 0 Å². The SMILES string of the molecule is Cc1cc(NC(=O)Cc2c(C)[nH]c3ccccc23)ccc1Nc1cccnc1.O=C(O)C(F)(F)F. The number of aromatic amines is 1. The van der Waals surface area contributed by atoms with E-state index in [-0.39, 0.29) is 5.91 Å². The van der Waals surface area contributed by atoms with Crippen molar-refractivity contribution in [3.05, 3.63) is 83.8 Å². The smallest absolute Gasteiger partial charge is 0.475 e. The van der Waals surface area contributed by atoms with Crippen LogP contribution in [0.1, 0.15) is 16.8 Å². The highest BCUT2D eigenvalue weighted by Gasteiger charge is 2.38. The number of alkyl halides is 3. The van der Waals surface area contributed by atoms with Crippen LogP contribution in [0, 0.1) is 13.8 Å². The lowest BCUT2D eigenvalue weighted by atomic mass is 10.1. The zero-order valence-corrected chi connectivity index (χ0v) is 18.9. The van der Waals surface area contributed by atoms with Crippen molar-refractivity contribution in [1.82, 2.24) is 9.97 Å². The molecule has 0 unspecified atom stereocenters. The van der Waals surface area contributed by atoms with Gasteiger partial charge in [0.05, 0.1) is 18.3 Å². The van der Waals surface area contributed by atoms with E-state index in [4.69, 9.17) is 9.90 Å². The number of amides is 1. The average molecular weight is 484 g/mol. The maximum Gasteiger partial charge on any atom is 0.490 e. The van der Waals surface area contributed by atoms with Gasteiger partial charge in [0.1, 0.15) is 0 Å². The van der Waals surface area contributed by atoms with Gasteiger partial charge in [0.25, 0.3) is 0 Å². The van der Waals surface area contributed by atoms with Crippen LogP contribution in [-0.4, -0.2) is 33.1 Å². The minimum Gasteiger partial charge on any atom is -0.475 e. The van der Waals surface area contributed by atoms with E-state index in [0.717, 1.165) is 44.8 Å². The molecule has 182 valence electrons. The number of H-pyrrole nitrogens is 1. The molecule has 0 atom stereocenters. The molecule has 4 rings (SSSR count). The van der Waals surface area contributed by atoms with Crippen molar-refractivity contribution < 1.29 is 27.9 Å². The number of rotatable bonds is 5. The Labute approximate surface area is 199 Å². The molecule has 0 fully saturated rings. The first-order valence-electron chi connectivity index (χ1n) is 10.5. The minimum atomic E-state index is -5.08. The number of halogens is 3. The van der Waals surface area contributed by atoms with Gasteiger partial charge >= 0.3 is 12.1 Å². The van der Waals surface area contributed by atoms with Gasteiger partial charge in [-0.2, -0.15) is 13.2 Å². The average Bonchev–Trinajstić information content (AvgIpc) is 3.11. The fourth-order valence-electron chi connectivity index (χ4n) is 3.40. The highest BCUT2D eigenvalue weighted by Crippen LogP contribution is 2.25. The predicted octanol–water partition coefficient (Wildman–Crippen LogP) is 5.74. The highest BCUT2D eigenvalue weighted by molar-refractivity contribution is 5.96. The zero-order valence-electron chi connectivity index (χ0n) is 18.9. The van der Waals surface area contributed by atoms with Crippen LogP contribution in [0.5, 0.6) is 0 Å². The fourth-order valence-corrected chi connectivity index (χ4v) is 3.40. The third kappa shape index (κ3) is 6.83. The monoisotopic (exact) mass is 484 g/mol. The van der Waals surface area contributed by atoms with Crippen LogP contribution < -0.4 is 10.6 Å². The van der Waals surface area contributed by atoms with Crippen LogP contribution in [0.4, 0.5) is 30.2 Å². The van der Waals surface area contributed by atoms with Crippen LogP contribution >= 0.6 is 0 Å². The summed E-state index contributed by atoms with van der Waals surface area (Å²) in [6.07, 6.45) is -1.23. The largest absolute Gasteiger partial charge is 0.490 e. The third-order valence-electron chi connectivity index (χ3n) is 5.06. The summed E-state index contributed by atoms with van der Waals surface area (Å²) in [5, 5.41) is 14.6. The fraction of sp³-hybridized carbons (Fsp3) is 0.160. The Bertz CT molecular complexity index is 1340. The van der Waals surface area contributed by atoms with E-state index in [1.54, 1.807) is 12.4 Å². The summed E-state index contributed by atoms with van der Waals surface area (Å²) in [6.45, 7) is 4.02. The van der Waals surface area contributed by atoms with Crippen molar-refractivity contribution >= 4 is 39.8 Å². The molecule has 0 aliphatic carbocycles. The molecule has 2 heterocycles. The van der Waals surface area contributed by atoms with E-state index in [1.807, 2.05) is 68.4 Å². The second-order valence-electron chi connectivity index (χ2n) is 7.70. The topological polar surface area (TPSA) is 107 Å². The number of hydrogen-bond donors (Lipinski definition) is 4. The standard InChI is InChI=1S/C23H22N4O.C2HF3O2/c1-15-12-17(9-10-21(15)26-18-6-5-11-24-14-18)27-23(28)13-20-16(2)25-22-8-4-3-7-19(20)22;3-2(4,5)1(6)7/h3-12,14,25-26H,13H2,1-2H3,(H,27,28);(H,6,7). The Kier molecular flexibility index (Phi) is 7.75. The first-order chi connectivity index (χ1) is 16.5. The van der Waals surface area contributed by atoms with Gasteiger partial charge in [0.15, 0.2) is 0 Å². The van der Waals surface area contributed by atoms with Gasteiger partial charge in [-0.3, -0.25) is 9.78 Å². The first-order valence-corrected chi connectivity index (χ1v) is 10.5. The Balaban J connectivity index is 0.000000429. The summed E-state index contributed by atoms with van der Waals surface area (Å²) < 4.78 is 31.7. The first kappa shape index (κ1) is 25.3. The molecule has 4 aromatic rings. The molecule has 7 nitrogen and oxygen atoms in total. The molecule has 4 N–H and O–H groups in total. The number of anilines is 3. The Morgan fingerprint density at radius 2 is 1.74 bits per heavy atom. The number of benzene rings is 2. The number of aliphatic carboxylic acids is 1. The van der Waals surface area contributed by atoms with Crippen LogP contribution in [-0.2, 0) is 16.0 Å². The molecule has 35 heavy (non-hydrogen) atoms. The van der Waals surface area contributed by atoms with E-state index in [1.165, 1.54) is 0 Å². The lowest BCUT2D eigenvalue weighted by Gasteiger charge is -2.12. The number of aromatic nitrogens is 2. The predicted molar refractivity (Wildman–Crippen MR) is 128 cm³/mol. The summed E-state index contributed by atoms with van der Waals surface area (Å²) in [4.78, 5) is 29.0. The number of para-hydroxylation sites is 1. The maximum atomic E-state index is 12.6. The molecule has 2 aromatic carbocycles. The van der Waals surface area contributed by atoms with E-state index in [9.17, 15) is 18.0 Å². The quantitative estimate of drug-likeness (QED) is 0.289. The molecule has 0 aliphatic heterocycles. The Hall–Kier alpha value is -4.34. The second-order valence-corrected chi connectivity index (χ2v) is 7.70. The van der Waals surface area contributed by atoms with Gasteiger partial charge < -0.3 is 20.7 Å². The number of carboxylic acids is 1. The molecule has 0 bridgehead atoms. The Morgan fingerprint density at radius 3 is 2.37 bits per heavy atom. The summed E-state index contributed by atoms with van der Waals surface area (Å²) in [6, 6.07) is 17.8. The zero-order chi connectivity index (χ0) is 25.6. The number of nitrogens with one attached hydrogen (secondary N) is 3. The van der Waals surface area contributed by atoms with Crippen molar-refractivity contribution in [2.24, 2.45) is 0 Å². The van der Waals surface area contributed by atoms with E-state index >= 15 is 0 Å². The number of carbonyl (C=O) groups is 2. The molecule has 2 aromatic heterocycles. The lowest BCUT2D eigenvalue weighted by Crippen LogP contribution is -2.21. The van der Waals surface area contributed by atoms with Crippen molar-refractivity contribution in [3.63, 3.8) is 0 Å². The third-order valence-corrected chi connectivity index (χ3v) is 5.06. The van der Waals surface area contributed by atoms with Crippen molar-refractivity contribution in [1.29, 1.82) is 0 Å². The highest BCUT2D eigenvalue weighted by atomic mass is 19.4. The molecule has 0 saturated carbocycles. The second kappa shape index (κ2) is 10.7. The molecule has 0 spiro atoms. The summed E-state index contributed by atoms with van der Waals surface area (Å²) in [5.41, 5.74) is 6.88. The molecule has 0 aliphatic rings. The number of aryl methyl sites for hydroxylation is 2. The van der Waals surface area contributed by atoms with E-state index in [2.05, 4.69) is 20.6 Å². The van der Waals surface area contributed by atoms with E-state index in [0.29, 0.717) is 6.42 Å². The number of carbonyl (C=O) groups excluding carboxylic acids is 1. The minimum absolute atomic E-state index is 0.0276. The number of nitrogens with zero attached hydrogens (tertiary/aromatic N) is 1. The lowest BCUT2D eigenvalue weighted by molar-refractivity contribution is -0.192.